The highest BCUT2D eigenvalue weighted by molar-refractivity contribution is 8.07. The number of hydrogen-bond donors (Lipinski definition) is 1. The van der Waals surface area contributed by atoms with Gasteiger partial charge in [-0.05, 0) is 37.4 Å². The molecule has 0 spiro atoms. The van der Waals surface area contributed by atoms with Gasteiger partial charge in [0, 0.05) is 45.9 Å². The van der Waals surface area contributed by atoms with Crippen LogP contribution < -0.4 is 5.32 Å². The van der Waals surface area contributed by atoms with Gasteiger partial charge in [0.2, 0.25) is 0 Å². The summed E-state index contributed by atoms with van der Waals surface area (Å²) in [5.74, 6) is 3.19. The lowest BCUT2D eigenvalue weighted by molar-refractivity contribution is 0.379. The summed E-state index contributed by atoms with van der Waals surface area (Å²) in [5.41, 5.74) is 2.86. The standard InChI is InChI=1S/C17H26N2S2/c1-3-18-16(17-12(2)20-10-11-21-17)14-8-4-6-13-7-5-9-19-15(13)14/h5,7,9,12,14,16-18H,3-4,6,8,10-11H2,1-2H3. The molecule has 2 nitrogen and oxygen atoms in total. The molecule has 0 radical (unpaired) electrons. The number of thioether (sulfide) groups is 2. The number of nitrogens with zero attached hydrogens (tertiary/aromatic N) is 1. The quantitative estimate of drug-likeness (QED) is 0.913. The first-order chi connectivity index (χ1) is 10.3. The van der Waals surface area contributed by atoms with Gasteiger partial charge in [-0.1, -0.05) is 19.9 Å². The molecule has 0 aromatic carbocycles. The van der Waals surface area contributed by atoms with Crippen molar-refractivity contribution in [3.8, 4) is 0 Å². The van der Waals surface area contributed by atoms with Gasteiger partial charge < -0.3 is 5.32 Å². The number of aryl methyl sites for hydroxylation is 1. The third-order valence-corrected chi connectivity index (χ3v) is 7.92. The first-order valence-electron chi connectivity index (χ1n) is 8.21. The minimum absolute atomic E-state index is 0.566. The average molecular weight is 323 g/mol. The predicted molar refractivity (Wildman–Crippen MR) is 95.5 cm³/mol. The molecule has 1 aromatic heterocycles. The van der Waals surface area contributed by atoms with Crippen molar-refractivity contribution < 1.29 is 0 Å². The van der Waals surface area contributed by atoms with Crippen LogP contribution in [0.25, 0.3) is 0 Å². The molecule has 4 unspecified atom stereocenters. The Kier molecular flexibility index (Phi) is 5.52. The molecule has 3 rings (SSSR count). The maximum absolute atomic E-state index is 4.77. The molecule has 4 heteroatoms. The van der Waals surface area contributed by atoms with E-state index in [4.69, 9.17) is 4.98 Å². The van der Waals surface area contributed by atoms with E-state index >= 15 is 0 Å². The molecule has 0 amide bonds. The average Bonchev–Trinajstić information content (AvgIpc) is 2.53. The minimum atomic E-state index is 0.566. The van der Waals surface area contributed by atoms with Gasteiger partial charge in [0.15, 0.2) is 0 Å². The molecule has 116 valence electrons. The smallest absolute Gasteiger partial charge is 0.0482 e. The SMILES string of the molecule is CCNC(C1CCCc2cccnc21)C1SCCSC1C. The summed E-state index contributed by atoms with van der Waals surface area (Å²) >= 11 is 4.32. The number of rotatable bonds is 4. The van der Waals surface area contributed by atoms with Crippen LogP contribution in [0.3, 0.4) is 0 Å². The second kappa shape index (κ2) is 7.38. The van der Waals surface area contributed by atoms with Gasteiger partial charge in [0.25, 0.3) is 0 Å². The number of nitrogens with one attached hydrogen (secondary N) is 1. The Morgan fingerprint density at radius 3 is 3.05 bits per heavy atom. The number of likely N-dealkylation sites (N-methyl/N-ethyl adjacent to an activating group) is 1. The summed E-state index contributed by atoms with van der Waals surface area (Å²) in [6.45, 7) is 5.70. The number of fused-ring (bicyclic) bond motifs is 1. The highest BCUT2D eigenvalue weighted by Gasteiger charge is 2.37. The molecule has 2 aliphatic rings. The zero-order valence-corrected chi connectivity index (χ0v) is 14.7. The van der Waals surface area contributed by atoms with Gasteiger partial charge in [0.05, 0.1) is 0 Å². The highest BCUT2D eigenvalue weighted by Crippen LogP contribution is 2.41. The van der Waals surface area contributed by atoms with E-state index in [-0.39, 0.29) is 0 Å². The van der Waals surface area contributed by atoms with Gasteiger partial charge in [-0.3, -0.25) is 4.98 Å². The van der Waals surface area contributed by atoms with E-state index in [0.717, 1.165) is 11.8 Å². The highest BCUT2D eigenvalue weighted by atomic mass is 32.2. The van der Waals surface area contributed by atoms with Gasteiger partial charge in [0.1, 0.15) is 0 Å². The molecule has 0 saturated carbocycles. The molecular formula is C17H26N2S2. The van der Waals surface area contributed by atoms with Crippen LogP contribution in [0.4, 0.5) is 0 Å². The van der Waals surface area contributed by atoms with Crippen molar-refractivity contribution in [1.29, 1.82) is 0 Å². The minimum Gasteiger partial charge on any atom is -0.312 e. The van der Waals surface area contributed by atoms with Crippen LogP contribution in [0.1, 0.15) is 43.9 Å². The van der Waals surface area contributed by atoms with Gasteiger partial charge >= 0.3 is 0 Å². The molecule has 1 aliphatic heterocycles. The van der Waals surface area contributed by atoms with Crippen LogP contribution in [0.5, 0.6) is 0 Å². The fraction of sp³-hybridized carbons (Fsp3) is 0.706. The summed E-state index contributed by atoms with van der Waals surface area (Å²) in [6.07, 6.45) is 5.78. The van der Waals surface area contributed by atoms with Gasteiger partial charge in [-0.25, -0.2) is 0 Å². The molecule has 1 aliphatic carbocycles. The van der Waals surface area contributed by atoms with Crippen molar-refractivity contribution in [1.82, 2.24) is 10.3 Å². The Morgan fingerprint density at radius 1 is 1.38 bits per heavy atom. The molecule has 4 atom stereocenters. The van der Waals surface area contributed by atoms with Crippen molar-refractivity contribution in [2.24, 2.45) is 0 Å². The van der Waals surface area contributed by atoms with Gasteiger partial charge in [-0.15, -0.1) is 0 Å². The number of hydrogen-bond acceptors (Lipinski definition) is 4. The molecule has 1 fully saturated rings. The van der Waals surface area contributed by atoms with E-state index in [2.05, 4.69) is 54.8 Å². The first kappa shape index (κ1) is 15.7. The van der Waals surface area contributed by atoms with E-state index < -0.39 is 0 Å². The van der Waals surface area contributed by atoms with Crippen molar-refractivity contribution in [3.05, 3.63) is 29.6 Å². The van der Waals surface area contributed by atoms with Gasteiger partial charge in [-0.2, -0.15) is 23.5 Å². The van der Waals surface area contributed by atoms with E-state index in [1.807, 2.05) is 6.20 Å². The Bertz CT molecular complexity index is 466. The molecule has 2 heterocycles. The van der Waals surface area contributed by atoms with E-state index in [1.165, 1.54) is 42.0 Å². The Labute approximate surface area is 137 Å². The first-order valence-corrected chi connectivity index (χ1v) is 10.3. The monoisotopic (exact) mass is 322 g/mol. The fourth-order valence-electron chi connectivity index (χ4n) is 3.76. The molecule has 0 bridgehead atoms. The number of pyridine rings is 1. The van der Waals surface area contributed by atoms with Crippen LogP contribution in [-0.2, 0) is 6.42 Å². The van der Waals surface area contributed by atoms with Crippen molar-refractivity contribution in [2.75, 3.05) is 18.1 Å². The van der Waals surface area contributed by atoms with E-state index in [0.29, 0.717) is 17.2 Å². The Morgan fingerprint density at radius 2 is 2.24 bits per heavy atom. The van der Waals surface area contributed by atoms with Crippen molar-refractivity contribution >= 4 is 23.5 Å². The summed E-state index contributed by atoms with van der Waals surface area (Å²) in [5, 5.41) is 5.27. The predicted octanol–water partition coefficient (Wildman–Crippen LogP) is 3.72. The van der Waals surface area contributed by atoms with E-state index in [9.17, 15) is 0 Å². The van der Waals surface area contributed by atoms with Crippen molar-refractivity contribution in [2.45, 2.75) is 55.6 Å². The zero-order valence-electron chi connectivity index (χ0n) is 13.0. The summed E-state index contributed by atoms with van der Waals surface area (Å²) in [7, 11) is 0. The fourth-order valence-corrected chi connectivity index (χ4v) is 6.77. The summed E-state index contributed by atoms with van der Waals surface area (Å²) in [4.78, 5) is 4.77. The van der Waals surface area contributed by atoms with Crippen molar-refractivity contribution in [3.63, 3.8) is 0 Å². The summed E-state index contributed by atoms with van der Waals surface area (Å²) < 4.78 is 0. The zero-order chi connectivity index (χ0) is 14.7. The third-order valence-electron chi connectivity index (χ3n) is 4.70. The third kappa shape index (κ3) is 3.43. The largest absolute Gasteiger partial charge is 0.312 e. The molecule has 1 aromatic rings. The maximum Gasteiger partial charge on any atom is 0.0482 e. The topological polar surface area (TPSA) is 24.9 Å². The lowest BCUT2D eigenvalue weighted by Gasteiger charge is -2.40. The Hall–Kier alpha value is -0.190. The molecular weight excluding hydrogens is 296 g/mol. The molecule has 1 N–H and O–H groups in total. The number of aromatic nitrogens is 1. The lowest BCUT2D eigenvalue weighted by atomic mass is 9.80. The van der Waals surface area contributed by atoms with Crippen LogP contribution in [0.15, 0.2) is 18.3 Å². The van der Waals surface area contributed by atoms with E-state index in [1.54, 1.807) is 0 Å². The molecule has 1 saturated heterocycles. The van der Waals surface area contributed by atoms with Crippen LogP contribution >= 0.6 is 23.5 Å². The van der Waals surface area contributed by atoms with Crippen LogP contribution in [0.2, 0.25) is 0 Å². The Balaban J connectivity index is 1.87. The van der Waals surface area contributed by atoms with Crippen LogP contribution in [0, 0.1) is 0 Å². The molecule has 21 heavy (non-hydrogen) atoms. The maximum atomic E-state index is 4.77. The summed E-state index contributed by atoms with van der Waals surface area (Å²) in [6, 6.07) is 4.94. The second-order valence-corrected chi connectivity index (χ2v) is 8.81. The normalized spacial score (nSPS) is 30.7. The second-order valence-electron chi connectivity index (χ2n) is 6.04. The lowest BCUT2D eigenvalue weighted by Crippen LogP contribution is -2.48. The van der Waals surface area contributed by atoms with Crippen LogP contribution in [-0.4, -0.2) is 39.6 Å².